The molecule has 2 heterocycles. The Morgan fingerprint density at radius 2 is 1.81 bits per heavy atom. The lowest BCUT2D eigenvalue weighted by Gasteiger charge is -2.06. The Morgan fingerprint density at radius 3 is 2.57 bits per heavy atom. The minimum absolute atomic E-state index is 0.0693. The molecule has 2 N–H and O–H groups in total. The van der Waals surface area contributed by atoms with Gasteiger partial charge in [0.2, 0.25) is 11.9 Å². The molecule has 0 saturated heterocycles. The van der Waals surface area contributed by atoms with Gasteiger partial charge in [0, 0.05) is 44.3 Å². The Kier molecular flexibility index (Phi) is 6.12. The first-order valence-electron chi connectivity index (χ1n) is 7.01. The second kappa shape index (κ2) is 8.63. The molecule has 2 aromatic heterocycles. The van der Waals surface area contributed by atoms with Crippen molar-refractivity contribution in [2.75, 3.05) is 18.4 Å². The Balaban J connectivity index is 1.54. The SMILES string of the molecule is O=C(CCCNc1ncccn1)NCCc1ccncc1. The van der Waals surface area contributed by atoms with Crippen molar-refractivity contribution in [2.24, 2.45) is 0 Å². The van der Waals surface area contributed by atoms with Gasteiger partial charge in [0.25, 0.3) is 0 Å². The second-order valence-electron chi connectivity index (χ2n) is 4.56. The molecule has 0 unspecified atom stereocenters. The fourth-order valence-corrected chi connectivity index (χ4v) is 1.82. The summed E-state index contributed by atoms with van der Waals surface area (Å²) >= 11 is 0. The number of carbonyl (C=O) groups excluding carboxylic acids is 1. The molecule has 0 radical (unpaired) electrons. The minimum Gasteiger partial charge on any atom is -0.356 e. The molecule has 0 aliphatic rings. The summed E-state index contributed by atoms with van der Waals surface area (Å²) in [5, 5.41) is 5.98. The largest absolute Gasteiger partial charge is 0.356 e. The van der Waals surface area contributed by atoms with Gasteiger partial charge in [-0.1, -0.05) is 0 Å². The molecule has 0 aliphatic carbocycles. The van der Waals surface area contributed by atoms with Gasteiger partial charge in [0.05, 0.1) is 0 Å². The third-order valence-electron chi connectivity index (χ3n) is 2.91. The van der Waals surface area contributed by atoms with Crippen LogP contribution in [0.4, 0.5) is 5.95 Å². The molecule has 0 aliphatic heterocycles. The Hall–Kier alpha value is -2.50. The van der Waals surface area contributed by atoms with Crippen LogP contribution in [0.2, 0.25) is 0 Å². The molecule has 2 rings (SSSR count). The van der Waals surface area contributed by atoms with Crippen molar-refractivity contribution in [1.29, 1.82) is 0 Å². The Morgan fingerprint density at radius 1 is 1.05 bits per heavy atom. The van der Waals surface area contributed by atoms with Crippen molar-refractivity contribution in [3.05, 3.63) is 48.5 Å². The summed E-state index contributed by atoms with van der Waals surface area (Å²) in [6.45, 7) is 1.33. The highest BCUT2D eigenvalue weighted by molar-refractivity contribution is 5.75. The van der Waals surface area contributed by atoms with E-state index in [0.717, 1.165) is 12.8 Å². The number of hydrogen-bond donors (Lipinski definition) is 2. The molecule has 0 aromatic carbocycles. The van der Waals surface area contributed by atoms with E-state index in [1.807, 2.05) is 12.1 Å². The Bertz CT molecular complexity index is 532. The van der Waals surface area contributed by atoms with Crippen LogP contribution < -0.4 is 10.6 Å². The highest BCUT2D eigenvalue weighted by atomic mass is 16.1. The first kappa shape index (κ1) is 14.9. The molecule has 0 bridgehead atoms. The zero-order chi connectivity index (χ0) is 14.8. The van der Waals surface area contributed by atoms with E-state index < -0.39 is 0 Å². The van der Waals surface area contributed by atoms with Crippen LogP contribution in [-0.4, -0.2) is 33.9 Å². The average molecular weight is 285 g/mol. The fourth-order valence-electron chi connectivity index (χ4n) is 1.82. The van der Waals surface area contributed by atoms with E-state index in [2.05, 4.69) is 25.6 Å². The number of nitrogens with one attached hydrogen (secondary N) is 2. The molecule has 0 fully saturated rings. The van der Waals surface area contributed by atoms with Crippen LogP contribution in [0, 0.1) is 0 Å². The van der Waals surface area contributed by atoms with Crippen LogP contribution in [0.5, 0.6) is 0 Å². The third-order valence-corrected chi connectivity index (χ3v) is 2.91. The van der Waals surface area contributed by atoms with Gasteiger partial charge in [0.1, 0.15) is 0 Å². The highest BCUT2D eigenvalue weighted by Gasteiger charge is 2.01. The second-order valence-corrected chi connectivity index (χ2v) is 4.56. The lowest BCUT2D eigenvalue weighted by Crippen LogP contribution is -2.26. The van der Waals surface area contributed by atoms with E-state index in [0.29, 0.717) is 25.5 Å². The molecular formula is C15H19N5O. The van der Waals surface area contributed by atoms with Gasteiger partial charge in [-0.05, 0) is 36.6 Å². The van der Waals surface area contributed by atoms with Gasteiger partial charge >= 0.3 is 0 Å². The first-order chi connectivity index (χ1) is 10.3. The summed E-state index contributed by atoms with van der Waals surface area (Å²) < 4.78 is 0. The van der Waals surface area contributed by atoms with Crippen molar-refractivity contribution < 1.29 is 4.79 Å². The van der Waals surface area contributed by atoms with E-state index >= 15 is 0 Å². The van der Waals surface area contributed by atoms with Crippen LogP contribution in [0.15, 0.2) is 43.0 Å². The number of aromatic nitrogens is 3. The van der Waals surface area contributed by atoms with Crippen LogP contribution in [-0.2, 0) is 11.2 Å². The van der Waals surface area contributed by atoms with Gasteiger partial charge in [-0.2, -0.15) is 0 Å². The van der Waals surface area contributed by atoms with Crippen molar-refractivity contribution in [2.45, 2.75) is 19.3 Å². The van der Waals surface area contributed by atoms with Crippen molar-refractivity contribution >= 4 is 11.9 Å². The summed E-state index contributed by atoms with van der Waals surface area (Å²) in [6, 6.07) is 5.67. The maximum absolute atomic E-state index is 11.7. The molecule has 1 amide bonds. The molecular weight excluding hydrogens is 266 g/mol. The number of rotatable bonds is 8. The highest BCUT2D eigenvalue weighted by Crippen LogP contribution is 1.98. The standard InChI is InChI=1S/C15H19N5O/c21-14(17-12-6-13-4-10-16-11-5-13)3-1-7-18-15-19-8-2-9-20-15/h2,4-5,8-11H,1,3,6-7,12H2,(H,17,21)(H,18,19,20). The van der Waals surface area contributed by atoms with Gasteiger partial charge < -0.3 is 10.6 Å². The van der Waals surface area contributed by atoms with Crippen molar-refractivity contribution in [1.82, 2.24) is 20.3 Å². The van der Waals surface area contributed by atoms with Crippen molar-refractivity contribution in [3.63, 3.8) is 0 Å². The van der Waals surface area contributed by atoms with Gasteiger partial charge in [-0.15, -0.1) is 0 Å². The molecule has 6 nitrogen and oxygen atoms in total. The molecule has 0 saturated carbocycles. The third kappa shape index (κ3) is 5.99. The lowest BCUT2D eigenvalue weighted by atomic mass is 10.2. The van der Waals surface area contributed by atoms with Crippen LogP contribution in [0.1, 0.15) is 18.4 Å². The fraction of sp³-hybridized carbons (Fsp3) is 0.333. The van der Waals surface area contributed by atoms with E-state index in [-0.39, 0.29) is 5.91 Å². The van der Waals surface area contributed by atoms with Crippen LogP contribution >= 0.6 is 0 Å². The normalized spacial score (nSPS) is 10.1. The van der Waals surface area contributed by atoms with E-state index in [1.54, 1.807) is 30.9 Å². The predicted octanol–water partition coefficient (Wildman–Crippen LogP) is 1.42. The smallest absolute Gasteiger partial charge is 0.222 e. The molecule has 2 aromatic rings. The van der Waals surface area contributed by atoms with Crippen LogP contribution in [0.25, 0.3) is 0 Å². The van der Waals surface area contributed by atoms with Gasteiger partial charge in [-0.25, -0.2) is 9.97 Å². The van der Waals surface area contributed by atoms with E-state index in [4.69, 9.17) is 0 Å². The number of anilines is 1. The Labute approximate surface area is 124 Å². The summed E-state index contributed by atoms with van der Waals surface area (Å²) in [7, 11) is 0. The quantitative estimate of drug-likeness (QED) is 0.717. The molecule has 110 valence electrons. The van der Waals surface area contributed by atoms with Gasteiger partial charge in [0.15, 0.2) is 0 Å². The average Bonchev–Trinajstić information content (AvgIpc) is 2.54. The predicted molar refractivity (Wildman–Crippen MR) is 80.7 cm³/mol. The first-order valence-corrected chi connectivity index (χ1v) is 7.01. The van der Waals surface area contributed by atoms with Gasteiger partial charge in [-0.3, -0.25) is 9.78 Å². The van der Waals surface area contributed by atoms with Crippen LogP contribution in [0.3, 0.4) is 0 Å². The monoisotopic (exact) mass is 285 g/mol. The molecule has 21 heavy (non-hydrogen) atoms. The number of hydrogen-bond acceptors (Lipinski definition) is 5. The molecule has 0 spiro atoms. The number of carbonyl (C=O) groups is 1. The maximum atomic E-state index is 11.7. The number of nitrogens with zero attached hydrogens (tertiary/aromatic N) is 3. The van der Waals surface area contributed by atoms with Crippen molar-refractivity contribution in [3.8, 4) is 0 Å². The minimum atomic E-state index is 0.0693. The topological polar surface area (TPSA) is 79.8 Å². The summed E-state index contributed by atoms with van der Waals surface area (Å²) in [5.41, 5.74) is 1.17. The summed E-state index contributed by atoms with van der Waals surface area (Å²) in [5.74, 6) is 0.662. The van der Waals surface area contributed by atoms with E-state index in [1.165, 1.54) is 5.56 Å². The number of amides is 1. The molecule has 0 atom stereocenters. The maximum Gasteiger partial charge on any atom is 0.222 e. The van der Waals surface area contributed by atoms with E-state index in [9.17, 15) is 4.79 Å². The molecule has 6 heteroatoms. The zero-order valence-corrected chi connectivity index (χ0v) is 11.8. The summed E-state index contributed by atoms with van der Waals surface area (Å²) in [6.07, 6.45) is 8.95. The number of pyridine rings is 1. The zero-order valence-electron chi connectivity index (χ0n) is 11.8. The lowest BCUT2D eigenvalue weighted by molar-refractivity contribution is -0.121. The summed E-state index contributed by atoms with van der Waals surface area (Å²) in [4.78, 5) is 23.7.